The molecule has 0 amide bonds. The zero-order chi connectivity index (χ0) is 10.8. The van der Waals surface area contributed by atoms with Gasteiger partial charge < -0.3 is 6.15 Å². The van der Waals surface area contributed by atoms with E-state index in [4.69, 9.17) is 4.55 Å². The zero-order valence-electron chi connectivity index (χ0n) is 9.03. The van der Waals surface area contributed by atoms with Gasteiger partial charge in [-0.1, -0.05) is 26.0 Å². The number of hydrogen-bond acceptors (Lipinski definition) is 3. The van der Waals surface area contributed by atoms with Gasteiger partial charge in [-0.05, 0) is 30.0 Å². The topological polar surface area (TPSA) is 89.4 Å². The first-order valence-electron chi connectivity index (χ1n) is 4.59. The largest absolute Gasteiger partial charge is 0.344 e. The molecule has 5 heteroatoms. The average Bonchev–Trinajstić information content (AvgIpc) is 2.15. The maximum Gasteiger partial charge on any atom is 0.294 e. The molecule has 0 aliphatic heterocycles. The fourth-order valence-electron chi connectivity index (χ4n) is 1.59. The van der Waals surface area contributed by atoms with Gasteiger partial charge in [0.15, 0.2) is 0 Å². The van der Waals surface area contributed by atoms with Gasteiger partial charge in [-0.3, -0.25) is 4.55 Å². The summed E-state index contributed by atoms with van der Waals surface area (Å²) in [6, 6.07) is 4.97. The molecular weight excluding hydrogens is 214 g/mol. The number of rotatable bonds is 3. The van der Waals surface area contributed by atoms with E-state index in [1.54, 1.807) is 6.07 Å². The van der Waals surface area contributed by atoms with Crippen LogP contribution in [-0.4, -0.2) is 13.0 Å². The standard InChI is InChI=1S/C10H14O3S.H3N/c1-3-8-6-5-7-10(9(8)4-2)14(11,12)13;/h5-7H,3-4H2,1-2H3,(H,11,12,13);1H3. The lowest BCUT2D eigenvalue weighted by Gasteiger charge is -2.09. The minimum Gasteiger partial charge on any atom is -0.344 e. The van der Waals surface area contributed by atoms with E-state index in [-0.39, 0.29) is 11.0 Å². The van der Waals surface area contributed by atoms with Gasteiger partial charge in [0.05, 0.1) is 4.90 Å². The van der Waals surface area contributed by atoms with Crippen molar-refractivity contribution < 1.29 is 13.0 Å². The van der Waals surface area contributed by atoms with Gasteiger partial charge in [0.2, 0.25) is 0 Å². The molecule has 0 aliphatic rings. The molecule has 0 unspecified atom stereocenters. The third-order valence-corrected chi connectivity index (χ3v) is 3.18. The third kappa shape index (κ3) is 3.02. The van der Waals surface area contributed by atoms with Gasteiger partial charge in [0.1, 0.15) is 0 Å². The highest BCUT2D eigenvalue weighted by atomic mass is 32.2. The molecule has 0 atom stereocenters. The fraction of sp³-hybridized carbons (Fsp3) is 0.400. The minimum atomic E-state index is -4.08. The Morgan fingerprint density at radius 1 is 1.20 bits per heavy atom. The van der Waals surface area contributed by atoms with Crippen LogP contribution in [0.5, 0.6) is 0 Å². The van der Waals surface area contributed by atoms with Crippen molar-refractivity contribution in [3.8, 4) is 0 Å². The third-order valence-electron chi connectivity index (χ3n) is 2.24. The van der Waals surface area contributed by atoms with Crippen molar-refractivity contribution in [1.29, 1.82) is 0 Å². The van der Waals surface area contributed by atoms with E-state index >= 15 is 0 Å². The molecule has 15 heavy (non-hydrogen) atoms. The SMILES string of the molecule is CCc1cccc(S(=O)(=O)O)c1CC.N. The molecule has 0 spiro atoms. The Balaban J connectivity index is 0.00000196. The quantitative estimate of drug-likeness (QED) is 0.780. The van der Waals surface area contributed by atoms with Gasteiger partial charge in [-0.25, -0.2) is 0 Å². The summed E-state index contributed by atoms with van der Waals surface area (Å²) in [5.41, 5.74) is 1.69. The van der Waals surface area contributed by atoms with Gasteiger partial charge in [0, 0.05) is 0 Å². The van der Waals surface area contributed by atoms with Crippen molar-refractivity contribution in [2.75, 3.05) is 0 Å². The molecule has 1 aromatic carbocycles. The summed E-state index contributed by atoms with van der Waals surface area (Å²) in [4.78, 5) is 0.0411. The smallest absolute Gasteiger partial charge is 0.294 e. The Kier molecular flexibility index (Phi) is 4.93. The predicted octanol–water partition coefficient (Wildman–Crippen LogP) is 2.22. The van der Waals surface area contributed by atoms with Crippen LogP contribution in [0.15, 0.2) is 23.1 Å². The maximum atomic E-state index is 11.0. The molecule has 0 bridgehead atoms. The molecule has 4 nitrogen and oxygen atoms in total. The highest BCUT2D eigenvalue weighted by molar-refractivity contribution is 7.85. The van der Waals surface area contributed by atoms with Crippen molar-refractivity contribution in [1.82, 2.24) is 6.15 Å². The van der Waals surface area contributed by atoms with Crippen LogP contribution >= 0.6 is 0 Å². The summed E-state index contributed by atoms with van der Waals surface area (Å²) in [6.45, 7) is 3.84. The number of aryl methyl sites for hydroxylation is 1. The van der Waals surface area contributed by atoms with Gasteiger partial charge in [-0.15, -0.1) is 0 Å². The first-order valence-corrected chi connectivity index (χ1v) is 6.03. The highest BCUT2D eigenvalue weighted by Gasteiger charge is 2.15. The van der Waals surface area contributed by atoms with E-state index in [1.165, 1.54) is 6.07 Å². The molecular formula is C10H17NO3S. The number of benzene rings is 1. The first kappa shape index (κ1) is 14.1. The summed E-state index contributed by atoms with van der Waals surface area (Å²) in [5.74, 6) is 0. The lowest BCUT2D eigenvalue weighted by atomic mass is 10.0. The van der Waals surface area contributed by atoms with E-state index in [9.17, 15) is 8.42 Å². The lowest BCUT2D eigenvalue weighted by molar-refractivity contribution is 0.482. The summed E-state index contributed by atoms with van der Waals surface area (Å²) in [6.07, 6.45) is 1.38. The molecule has 0 aliphatic carbocycles. The molecule has 0 heterocycles. The monoisotopic (exact) mass is 231 g/mol. The Morgan fingerprint density at radius 2 is 1.80 bits per heavy atom. The Labute approximate surface area is 90.7 Å². The average molecular weight is 231 g/mol. The molecule has 86 valence electrons. The molecule has 1 rings (SSSR count). The van der Waals surface area contributed by atoms with Crippen molar-refractivity contribution in [2.24, 2.45) is 0 Å². The fourth-order valence-corrected chi connectivity index (χ4v) is 2.42. The second-order valence-electron chi connectivity index (χ2n) is 3.08. The van der Waals surface area contributed by atoms with Crippen molar-refractivity contribution in [3.05, 3.63) is 29.3 Å². The van der Waals surface area contributed by atoms with Gasteiger partial charge in [-0.2, -0.15) is 8.42 Å². The Hall–Kier alpha value is -0.910. The Bertz CT molecular complexity index is 426. The molecule has 0 radical (unpaired) electrons. The first-order chi connectivity index (χ1) is 6.50. The molecule has 4 N–H and O–H groups in total. The summed E-state index contributed by atoms with van der Waals surface area (Å²) in [7, 11) is -4.08. The second-order valence-corrected chi connectivity index (χ2v) is 4.47. The van der Waals surface area contributed by atoms with Crippen LogP contribution in [0.25, 0.3) is 0 Å². The second kappa shape index (κ2) is 5.25. The van der Waals surface area contributed by atoms with Crippen LogP contribution in [0.1, 0.15) is 25.0 Å². The van der Waals surface area contributed by atoms with Crippen LogP contribution in [0.4, 0.5) is 0 Å². The van der Waals surface area contributed by atoms with Crippen LogP contribution in [0.2, 0.25) is 0 Å². The van der Waals surface area contributed by atoms with E-state index in [2.05, 4.69) is 0 Å². The van der Waals surface area contributed by atoms with Crippen molar-refractivity contribution in [3.63, 3.8) is 0 Å². The summed E-state index contributed by atoms with van der Waals surface area (Å²) < 4.78 is 31.1. The minimum absolute atomic E-state index is 0. The zero-order valence-corrected chi connectivity index (χ0v) is 9.84. The summed E-state index contributed by atoms with van der Waals surface area (Å²) in [5, 5.41) is 0. The van der Waals surface area contributed by atoms with Crippen LogP contribution in [0, 0.1) is 0 Å². The molecule has 0 saturated heterocycles. The van der Waals surface area contributed by atoms with Gasteiger partial charge >= 0.3 is 0 Å². The maximum absolute atomic E-state index is 11.0. The lowest BCUT2D eigenvalue weighted by Crippen LogP contribution is -2.05. The van der Waals surface area contributed by atoms with Crippen LogP contribution in [-0.2, 0) is 23.0 Å². The van der Waals surface area contributed by atoms with E-state index in [0.717, 1.165) is 17.5 Å². The van der Waals surface area contributed by atoms with Crippen LogP contribution < -0.4 is 6.15 Å². The normalized spacial score (nSPS) is 10.9. The van der Waals surface area contributed by atoms with Gasteiger partial charge in [0.25, 0.3) is 10.1 Å². The number of hydrogen-bond donors (Lipinski definition) is 2. The molecule has 1 aromatic rings. The molecule has 0 aromatic heterocycles. The predicted molar refractivity (Wildman–Crippen MR) is 60.0 cm³/mol. The van der Waals surface area contributed by atoms with E-state index < -0.39 is 10.1 Å². The Morgan fingerprint density at radius 3 is 2.20 bits per heavy atom. The summed E-state index contributed by atoms with van der Waals surface area (Å²) >= 11 is 0. The van der Waals surface area contributed by atoms with E-state index in [1.807, 2.05) is 19.9 Å². The molecule has 0 fully saturated rings. The van der Waals surface area contributed by atoms with E-state index in [0.29, 0.717) is 6.42 Å². The van der Waals surface area contributed by atoms with Crippen LogP contribution in [0.3, 0.4) is 0 Å². The highest BCUT2D eigenvalue weighted by Crippen LogP contribution is 2.20. The van der Waals surface area contributed by atoms with Crippen molar-refractivity contribution >= 4 is 10.1 Å². The van der Waals surface area contributed by atoms with Crippen molar-refractivity contribution in [2.45, 2.75) is 31.6 Å². The molecule has 0 saturated carbocycles.